The predicted octanol–water partition coefficient (Wildman–Crippen LogP) is 5.24. The lowest BCUT2D eigenvalue weighted by molar-refractivity contribution is -0.274. The normalized spacial score (nSPS) is 23.0. The van der Waals surface area contributed by atoms with E-state index in [1.807, 2.05) is 0 Å². The van der Waals surface area contributed by atoms with Crippen LogP contribution in [0.4, 0.5) is 17.6 Å². The van der Waals surface area contributed by atoms with Crippen molar-refractivity contribution in [3.8, 4) is 11.8 Å². The summed E-state index contributed by atoms with van der Waals surface area (Å²) in [6, 6.07) is 7.36. The highest BCUT2D eigenvalue weighted by molar-refractivity contribution is 5.30. The molecule has 0 spiro atoms. The molecule has 0 heterocycles. The van der Waals surface area contributed by atoms with E-state index in [0.717, 1.165) is 31.2 Å². The Hall–Kier alpha value is -2.03. The Morgan fingerprint density at radius 1 is 1.14 bits per heavy atom. The zero-order chi connectivity index (χ0) is 16.2. The molecule has 0 saturated heterocycles. The van der Waals surface area contributed by atoms with Gasteiger partial charge < -0.3 is 4.74 Å². The average Bonchev–Trinajstić information content (AvgIpc) is 2.47. The predicted molar refractivity (Wildman–Crippen MR) is 72.6 cm³/mol. The van der Waals surface area contributed by atoms with Crippen LogP contribution in [0.25, 0.3) is 0 Å². The summed E-state index contributed by atoms with van der Waals surface area (Å²) in [7, 11) is 0. The first-order chi connectivity index (χ1) is 10.4. The molecule has 0 unspecified atom stereocenters. The van der Waals surface area contributed by atoms with Crippen LogP contribution in [0.3, 0.4) is 0 Å². The van der Waals surface area contributed by atoms with Crippen molar-refractivity contribution in [1.29, 1.82) is 5.26 Å². The summed E-state index contributed by atoms with van der Waals surface area (Å²) in [5.74, 6) is -0.681. The van der Waals surface area contributed by atoms with Gasteiger partial charge in [0.05, 0.1) is 0 Å². The minimum atomic E-state index is -4.68. The number of ether oxygens (including phenoxy) is 1. The van der Waals surface area contributed by atoms with Gasteiger partial charge in [0, 0.05) is 0 Å². The number of benzene rings is 1. The second kappa shape index (κ2) is 6.82. The smallest absolute Gasteiger partial charge is 0.406 e. The fourth-order valence-corrected chi connectivity index (χ4v) is 2.81. The summed E-state index contributed by atoms with van der Waals surface area (Å²) in [6.45, 7) is 0. The van der Waals surface area contributed by atoms with Gasteiger partial charge in [-0.25, -0.2) is 0 Å². The van der Waals surface area contributed by atoms with E-state index < -0.39 is 12.2 Å². The molecular weight excluding hydrogens is 298 g/mol. The quantitative estimate of drug-likeness (QED) is 0.565. The van der Waals surface area contributed by atoms with E-state index >= 15 is 0 Å². The van der Waals surface area contributed by atoms with E-state index in [-0.39, 0.29) is 17.6 Å². The first kappa shape index (κ1) is 16.3. The number of rotatable bonds is 3. The van der Waals surface area contributed by atoms with Crippen molar-refractivity contribution >= 4 is 0 Å². The molecule has 0 N–H and O–H groups in total. The Morgan fingerprint density at radius 2 is 1.73 bits per heavy atom. The third-order valence-electron chi connectivity index (χ3n) is 3.85. The van der Waals surface area contributed by atoms with Crippen molar-refractivity contribution in [2.24, 2.45) is 5.92 Å². The number of alkyl halides is 3. The van der Waals surface area contributed by atoms with Gasteiger partial charge in [0.25, 0.3) is 0 Å². The van der Waals surface area contributed by atoms with Crippen molar-refractivity contribution in [2.45, 2.75) is 38.0 Å². The number of nitriles is 1. The Morgan fingerprint density at radius 3 is 2.23 bits per heavy atom. The maximum atomic E-state index is 12.9. The Balaban J connectivity index is 1.93. The number of hydrogen-bond donors (Lipinski definition) is 0. The summed E-state index contributed by atoms with van der Waals surface area (Å²) in [5.41, 5.74) is 0.956. The van der Waals surface area contributed by atoms with E-state index in [0.29, 0.717) is 0 Å². The fourth-order valence-electron chi connectivity index (χ4n) is 2.81. The summed E-state index contributed by atoms with van der Waals surface area (Å²) in [4.78, 5) is 0. The lowest BCUT2D eigenvalue weighted by Crippen LogP contribution is -2.17. The maximum Gasteiger partial charge on any atom is 0.573 e. The van der Waals surface area contributed by atoms with Gasteiger partial charge in [-0.15, -0.1) is 13.2 Å². The van der Waals surface area contributed by atoms with Crippen molar-refractivity contribution in [3.05, 3.63) is 41.7 Å². The van der Waals surface area contributed by atoms with Crippen molar-refractivity contribution in [2.75, 3.05) is 0 Å². The number of nitrogens with zero attached hydrogens (tertiary/aromatic N) is 1. The zero-order valence-corrected chi connectivity index (χ0v) is 11.7. The molecule has 0 aliphatic heterocycles. The summed E-state index contributed by atoms with van der Waals surface area (Å²) >= 11 is 0. The second-order valence-corrected chi connectivity index (χ2v) is 5.35. The number of halogens is 4. The highest BCUT2D eigenvalue weighted by Gasteiger charge is 2.31. The largest absolute Gasteiger partial charge is 0.573 e. The monoisotopic (exact) mass is 313 g/mol. The highest BCUT2D eigenvalue weighted by Crippen LogP contribution is 2.37. The first-order valence-electron chi connectivity index (χ1n) is 7.00. The fraction of sp³-hybridized carbons (Fsp3) is 0.438. The first-order valence-corrected chi connectivity index (χ1v) is 7.00. The van der Waals surface area contributed by atoms with Gasteiger partial charge in [-0.3, -0.25) is 0 Å². The van der Waals surface area contributed by atoms with Crippen LogP contribution >= 0.6 is 0 Å². The molecule has 0 bridgehead atoms. The topological polar surface area (TPSA) is 33.0 Å². The lowest BCUT2D eigenvalue weighted by Gasteiger charge is -2.27. The van der Waals surface area contributed by atoms with Crippen molar-refractivity contribution < 1.29 is 22.3 Å². The lowest BCUT2D eigenvalue weighted by atomic mass is 9.78. The molecule has 2 rings (SSSR count). The van der Waals surface area contributed by atoms with E-state index in [1.54, 1.807) is 12.1 Å². The maximum absolute atomic E-state index is 12.9. The summed E-state index contributed by atoms with van der Waals surface area (Å²) in [5, 5.41) is 8.42. The molecule has 2 nitrogen and oxygen atoms in total. The molecular formula is C16H15F4NO. The molecule has 1 aromatic rings. The molecule has 6 heteroatoms. The molecule has 1 fully saturated rings. The molecule has 1 saturated carbocycles. The van der Waals surface area contributed by atoms with Gasteiger partial charge in [0.2, 0.25) is 0 Å². The molecule has 0 aromatic heterocycles. The van der Waals surface area contributed by atoms with Crippen LogP contribution in [0.2, 0.25) is 0 Å². The molecule has 1 aliphatic rings. The van der Waals surface area contributed by atoms with Gasteiger partial charge >= 0.3 is 6.36 Å². The second-order valence-electron chi connectivity index (χ2n) is 5.35. The van der Waals surface area contributed by atoms with E-state index in [2.05, 4.69) is 4.74 Å². The minimum absolute atomic E-state index is 0.0590. The van der Waals surface area contributed by atoms with Gasteiger partial charge in [-0.2, -0.15) is 9.65 Å². The van der Waals surface area contributed by atoms with Gasteiger partial charge in [-0.05, 0) is 61.3 Å². The van der Waals surface area contributed by atoms with Crippen LogP contribution in [0, 0.1) is 17.2 Å². The molecule has 1 aromatic carbocycles. The molecule has 22 heavy (non-hydrogen) atoms. The zero-order valence-electron chi connectivity index (χ0n) is 11.7. The number of hydrogen-bond acceptors (Lipinski definition) is 2. The summed E-state index contributed by atoms with van der Waals surface area (Å²) < 4.78 is 53.0. The molecule has 1 aliphatic carbocycles. The van der Waals surface area contributed by atoms with Crippen LogP contribution in [0.15, 0.2) is 36.2 Å². The summed E-state index contributed by atoms with van der Waals surface area (Å²) in [6.07, 6.45) is -0.160. The Bertz CT molecular complexity index is 563. The van der Waals surface area contributed by atoms with Crippen LogP contribution in [-0.2, 0) is 0 Å². The standard InChI is InChI=1S/C16H15F4NO/c17-14(10-21)9-11-1-3-12(4-2-11)13-5-7-15(8-6-13)22-16(18,19)20/h5-9,11-12H,1-4H2/b14-9-/t11-,12-. The van der Waals surface area contributed by atoms with E-state index in [1.165, 1.54) is 24.3 Å². The van der Waals surface area contributed by atoms with Crippen LogP contribution in [0.1, 0.15) is 37.2 Å². The van der Waals surface area contributed by atoms with Crippen molar-refractivity contribution in [3.63, 3.8) is 0 Å². The van der Waals surface area contributed by atoms with Crippen LogP contribution < -0.4 is 4.74 Å². The third-order valence-corrected chi connectivity index (χ3v) is 3.85. The van der Waals surface area contributed by atoms with E-state index in [4.69, 9.17) is 5.26 Å². The SMILES string of the molecule is N#C/C(F)=C/[C@H]1CC[C@H](c2ccc(OC(F)(F)F)cc2)CC1. The van der Waals surface area contributed by atoms with Crippen LogP contribution in [-0.4, -0.2) is 6.36 Å². The number of allylic oxidation sites excluding steroid dienone is 2. The molecule has 0 radical (unpaired) electrons. The Kier molecular flexibility index (Phi) is 5.07. The minimum Gasteiger partial charge on any atom is -0.406 e. The third kappa shape index (κ3) is 4.76. The van der Waals surface area contributed by atoms with Crippen LogP contribution in [0.5, 0.6) is 5.75 Å². The van der Waals surface area contributed by atoms with Crippen molar-refractivity contribution in [1.82, 2.24) is 0 Å². The molecule has 0 atom stereocenters. The van der Waals surface area contributed by atoms with Gasteiger partial charge in [0.15, 0.2) is 5.83 Å². The molecule has 0 amide bonds. The Labute approximate surface area is 126 Å². The van der Waals surface area contributed by atoms with Gasteiger partial charge in [-0.1, -0.05) is 12.1 Å². The van der Waals surface area contributed by atoms with Gasteiger partial charge in [0.1, 0.15) is 11.8 Å². The highest BCUT2D eigenvalue weighted by atomic mass is 19.4. The van der Waals surface area contributed by atoms with E-state index in [9.17, 15) is 17.6 Å². The average molecular weight is 313 g/mol. The molecule has 118 valence electrons.